The van der Waals surface area contributed by atoms with Gasteiger partial charge in [0.05, 0.1) is 0 Å². The van der Waals surface area contributed by atoms with Crippen molar-refractivity contribution >= 4 is 0 Å². The summed E-state index contributed by atoms with van der Waals surface area (Å²) in [5, 5.41) is 3.38. The van der Waals surface area contributed by atoms with Crippen molar-refractivity contribution in [1.82, 2.24) is 5.32 Å². The zero-order valence-electron chi connectivity index (χ0n) is 7.14. The summed E-state index contributed by atoms with van der Waals surface area (Å²) in [5.74, 6) is 0. The van der Waals surface area contributed by atoms with Gasteiger partial charge in [0, 0.05) is 12.2 Å². The molecule has 0 heterocycles. The summed E-state index contributed by atoms with van der Waals surface area (Å²) in [4.78, 5) is 0. The van der Waals surface area contributed by atoms with Crippen LogP contribution in [0.3, 0.4) is 0 Å². The Morgan fingerprint density at radius 1 is 1.55 bits per heavy atom. The van der Waals surface area contributed by atoms with Crippen molar-refractivity contribution in [1.29, 1.82) is 0 Å². The molecule has 1 N–H and O–H groups in total. The van der Waals surface area contributed by atoms with Gasteiger partial charge in [-0.05, 0) is 25.3 Å². The summed E-state index contributed by atoms with van der Waals surface area (Å²) < 4.78 is 0. The van der Waals surface area contributed by atoms with Crippen molar-refractivity contribution in [2.24, 2.45) is 0 Å². The molecule has 0 atom stereocenters. The normalized spacial score (nSPS) is 16.3. The second-order valence-corrected chi connectivity index (χ2v) is 2.77. The number of allylic oxidation sites excluding steroid dienone is 3. The van der Waals surface area contributed by atoms with E-state index in [1.54, 1.807) is 0 Å². The Kier molecular flexibility index (Phi) is 3.81. The SMILES string of the molecule is CCCCNC1=CC[CH]C=C1. The van der Waals surface area contributed by atoms with Crippen LogP contribution in [0.5, 0.6) is 0 Å². The molecule has 1 heteroatoms. The molecule has 0 bridgehead atoms. The minimum Gasteiger partial charge on any atom is -0.385 e. The van der Waals surface area contributed by atoms with E-state index in [-0.39, 0.29) is 0 Å². The average Bonchev–Trinajstić information content (AvgIpc) is 2.07. The van der Waals surface area contributed by atoms with Crippen LogP contribution in [0.1, 0.15) is 26.2 Å². The van der Waals surface area contributed by atoms with Crippen LogP contribution in [0, 0.1) is 6.42 Å². The summed E-state index contributed by atoms with van der Waals surface area (Å²) in [6.07, 6.45) is 12.2. The highest BCUT2D eigenvalue weighted by atomic mass is 14.9. The van der Waals surface area contributed by atoms with Gasteiger partial charge in [-0.15, -0.1) is 0 Å². The fraction of sp³-hybridized carbons (Fsp3) is 0.500. The second-order valence-electron chi connectivity index (χ2n) is 2.77. The molecule has 1 rings (SSSR count). The number of hydrogen-bond donors (Lipinski definition) is 1. The van der Waals surface area contributed by atoms with Gasteiger partial charge in [0.1, 0.15) is 0 Å². The molecule has 0 saturated heterocycles. The minimum atomic E-state index is 1.07. The second kappa shape index (κ2) is 5.00. The summed E-state index contributed by atoms with van der Waals surface area (Å²) in [7, 11) is 0. The summed E-state index contributed by atoms with van der Waals surface area (Å²) in [6, 6.07) is 0. The first-order valence-corrected chi connectivity index (χ1v) is 4.37. The van der Waals surface area contributed by atoms with E-state index in [0.717, 1.165) is 13.0 Å². The Balaban J connectivity index is 2.15. The highest BCUT2D eigenvalue weighted by Crippen LogP contribution is 2.05. The first kappa shape index (κ1) is 8.38. The maximum absolute atomic E-state index is 3.38. The fourth-order valence-electron chi connectivity index (χ4n) is 1.05. The highest BCUT2D eigenvalue weighted by molar-refractivity contribution is 5.24. The van der Waals surface area contributed by atoms with Crippen molar-refractivity contribution in [3.63, 3.8) is 0 Å². The monoisotopic (exact) mass is 150 g/mol. The quantitative estimate of drug-likeness (QED) is 0.607. The Bertz CT molecular complexity index is 156. The average molecular weight is 150 g/mol. The molecule has 0 aromatic heterocycles. The van der Waals surface area contributed by atoms with Crippen LogP contribution < -0.4 is 5.32 Å². The Hall–Kier alpha value is -0.720. The molecule has 1 aliphatic carbocycles. The number of rotatable bonds is 4. The topological polar surface area (TPSA) is 12.0 Å². The molecule has 0 aromatic rings. The predicted molar refractivity (Wildman–Crippen MR) is 49.1 cm³/mol. The zero-order valence-corrected chi connectivity index (χ0v) is 7.14. The van der Waals surface area contributed by atoms with E-state index in [9.17, 15) is 0 Å². The van der Waals surface area contributed by atoms with Gasteiger partial charge in [-0.25, -0.2) is 0 Å². The van der Waals surface area contributed by atoms with Crippen LogP contribution in [0.4, 0.5) is 0 Å². The lowest BCUT2D eigenvalue weighted by Crippen LogP contribution is -2.13. The number of hydrogen-bond acceptors (Lipinski definition) is 1. The van der Waals surface area contributed by atoms with Gasteiger partial charge >= 0.3 is 0 Å². The smallest absolute Gasteiger partial charge is 0.0296 e. The van der Waals surface area contributed by atoms with Crippen LogP contribution in [0.2, 0.25) is 0 Å². The molecule has 1 nitrogen and oxygen atoms in total. The lowest BCUT2D eigenvalue weighted by Gasteiger charge is -2.08. The van der Waals surface area contributed by atoms with E-state index in [2.05, 4.69) is 36.9 Å². The van der Waals surface area contributed by atoms with Gasteiger partial charge in [-0.2, -0.15) is 0 Å². The molecule has 0 fully saturated rings. The molecule has 1 aliphatic rings. The van der Waals surface area contributed by atoms with Gasteiger partial charge in [0.15, 0.2) is 0 Å². The van der Waals surface area contributed by atoms with E-state index in [0.29, 0.717) is 0 Å². The lowest BCUT2D eigenvalue weighted by atomic mass is 10.1. The van der Waals surface area contributed by atoms with Gasteiger partial charge in [0.2, 0.25) is 0 Å². The summed E-state index contributed by atoms with van der Waals surface area (Å²) >= 11 is 0. The van der Waals surface area contributed by atoms with Gasteiger partial charge in [-0.1, -0.05) is 25.5 Å². The van der Waals surface area contributed by atoms with Crippen molar-refractivity contribution in [2.75, 3.05) is 6.54 Å². The molecule has 0 saturated carbocycles. The third-order valence-electron chi connectivity index (χ3n) is 1.75. The lowest BCUT2D eigenvalue weighted by molar-refractivity contribution is 0.716. The molecule has 61 valence electrons. The van der Waals surface area contributed by atoms with Crippen molar-refractivity contribution in [2.45, 2.75) is 26.2 Å². The van der Waals surface area contributed by atoms with Gasteiger partial charge < -0.3 is 5.32 Å². The first-order valence-electron chi connectivity index (χ1n) is 4.37. The molecule has 11 heavy (non-hydrogen) atoms. The Morgan fingerprint density at radius 2 is 2.45 bits per heavy atom. The van der Waals surface area contributed by atoms with E-state index in [1.807, 2.05) is 0 Å². The van der Waals surface area contributed by atoms with Crippen LogP contribution in [-0.4, -0.2) is 6.54 Å². The third-order valence-corrected chi connectivity index (χ3v) is 1.75. The maximum Gasteiger partial charge on any atom is 0.0296 e. The van der Waals surface area contributed by atoms with E-state index in [1.165, 1.54) is 18.5 Å². The highest BCUT2D eigenvalue weighted by Gasteiger charge is 1.94. The first-order chi connectivity index (χ1) is 5.43. The Morgan fingerprint density at radius 3 is 3.09 bits per heavy atom. The van der Waals surface area contributed by atoms with E-state index >= 15 is 0 Å². The van der Waals surface area contributed by atoms with Crippen molar-refractivity contribution in [3.8, 4) is 0 Å². The molecule has 0 aliphatic heterocycles. The van der Waals surface area contributed by atoms with Crippen LogP contribution in [-0.2, 0) is 0 Å². The van der Waals surface area contributed by atoms with Crippen molar-refractivity contribution < 1.29 is 0 Å². The molecule has 0 spiro atoms. The predicted octanol–water partition coefficient (Wildman–Crippen LogP) is 2.42. The van der Waals surface area contributed by atoms with Gasteiger partial charge in [0.25, 0.3) is 0 Å². The number of unbranched alkanes of at least 4 members (excludes halogenated alkanes) is 1. The van der Waals surface area contributed by atoms with E-state index < -0.39 is 0 Å². The summed E-state index contributed by atoms with van der Waals surface area (Å²) in [5.41, 5.74) is 1.28. The molecule has 0 aromatic carbocycles. The van der Waals surface area contributed by atoms with Crippen LogP contribution in [0.15, 0.2) is 23.9 Å². The maximum atomic E-state index is 3.38. The Labute approximate surface area is 69.2 Å². The molecule has 0 amide bonds. The molecular formula is C10H16N. The molecule has 0 unspecified atom stereocenters. The van der Waals surface area contributed by atoms with Crippen LogP contribution >= 0.6 is 0 Å². The van der Waals surface area contributed by atoms with E-state index in [4.69, 9.17) is 0 Å². The molecule has 1 radical (unpaired) electrons. The third kappa shape index (κ3) is 3.26. The largest absolute Gasteiger partial charge is 0.385 e. The van der Waals surface area contributed by atoms with Crippen LogP contribution in [0.25, 0.3) is 0 Å². The van der Waals surface area contributed by atoms with Gasteiger partial charge in [-0.3, -0.25) is 0 Å². The fourth-order valence-corrected chi connectivity index (χ4v) is 1.05. The molecular weight excluding hydrogens is 134 g/mol. The number of nitrogens with one attached hydrogen (secondary N) is 1. The van der Waals surface area contributed by atoms with Crippen molar-refractivity contribution in [3.05, 3.63) is 30.3 Å². The zero-order chi connectivity index (χ0) is 7.94. The standard InChI is InChI=1S/C10H16N/c1-2-3-9-11-10-7-5-4-6-8-10/h4-5,7-8,11H,2-3,6,9H2,1H3. The summed E-state index contributed by atoms with van der Waals surface area (Å²) in [6.45, 7) is 3.31. The minimum absolute atomic E-state index is 1.07.